The van der Waals surface area contributed by atoms with Crippen LogP contribution in [0.4, 0.5) is 0 Å². The van der Waals surface area contributed by atoms with Crippen LogP contribution in [0.5, 0.6) is 0 Å². The van der Waals surface area contributed by atoms with Crippen LogP contribution in [0.25, 0.3) is 0 Å². The Morgan fingerprint density at radius 3 is 1.35 bits per heavy atom. The Bertz CT molecular complexity index is 2690. The number of fused-ring (bicyclic) bond motifs is 4. The molecule has 8 aliphatic heterocycles. The fourth-order valence-electron chi connectivity index (χ4n) is 15.7. The van der Waals surface area contributed by atoms with Gasteiger partial charge in [0.1, 0.15) is 61.5 Å². The Morgan fingerprint density at radius 2 is 0.847 bits per heavy atom. The van der Waals surface area contributed by atoms with E-state index in [1.54, 1.807) is 20.8 Å². The lowest BCUT2D eigenvalue weighted by molar-refractivity contribution is -0.182. The fourth-order valence-corrected chi connectivity index (χ4v) is 15.7. The summed E-state index contributed by atoms with van der Waals surface area (Å²) in [6, 6.07) is 0. The summed E-state index contributed by atoms with van der Waals surface area (Å²) in [6.45, 7) is 19.6. The van der Waals surface area contributed by atoms with Gasteiger partial charge in [0, 0.05) is 48.0 Å². The molecule has 8 aliphatic carbocycles. The van der Waals surface area contributed by atoms with Crippen LogP contribution in [0.2, 0.25) is 0 Å². The fraction of sp³-hybridized carbons (Fsp3) is 0.714. The summed E-state index contributed by atoms with van der Waals surface area (Å²) < 4.78 is 64.4. The molecule has 8 saturated heterocycles. The van der Waals surface area contributed by atoms with E-state index in [1.807, 2.05) is 0 Å². The van der Waals surface area contributed by atoms with Crippen LogP contribution in [0.15, 0.2) is 48.6 Å². The first-order valence-electron chi connectivity index (χ1n) is 30.1. The third-order valence-electron chi connectivity index (χ3n) is 18.9. The second kappa shape index (κ2) is 26.7. The van der Waals surface area contributed by atoms with E-state index >= 15 is 0 Å². The summed E-state index contributed by atoms with van der Waals surface area (Å²) in [5.74, 6) is -1.24. The van der Waals surface area contributed by atoms with Gasteiger partial charge in [-0.3, -0.25) is 19.2 Å². The Kier molecular flexibility index (Phi) is 19.8. The molecule has 0 aromatic carbocycles. The molecular weight excluding hydrogens is 1110 g/mol. The van der Waals surface area contributed by atoms with E-state index in [9.17, 15) is 47.9 Å². The summed E-state index contributed by atoms with van der Waals surface area (Å²) >= 11 is 0. The van der Waals surface area contributed by atoms with E-state index in [-0.39, 0.29) is 128 Å². The van der Waals surface area contributed by atoms with E-state index < -0.39 is 47.7 Å². The standard InChI is InChI=1S/C18H24O7.C16H20O6.C15H20O5.C14H18O4/c1-10(2)17(20)23-4-3-22-15(19)9-24-16-12-5-11-6-13(8-12)18(21)25-14(16)7-11;1-9(2)14(18)20-8-13(17)22-16-5-10-3-11(6-16)15(19)21-12(4-10)7-16;1-8(2)14(16)19-7-18-13-10-3-9-4-11(6-10)15(17)20-12(13)5-9;1-8(2)12(15)18-14-5-9-3-10(6-14)13(16)17-11(4-9)7-14/h11-14,16H,1,3-9H2,2H3;10-12H,1,3-8H2,2H3;9-13H,1,3-7H2,2H3;9-11H,1,3-7H2,2H3. The normalized spacial score (nSPS) is 36.5. The quantitative estimate of drug-likeness (QED) is 0.0481. The maximum atomic E-state index is 12.0. The van der Waals surface area contributed by atoms with Crippen molar-refractivity contribution < 1.29 is 105 Å². The Hall–Kier alpha value is -6.42. The van der Waals surface area contributed by atoms with Crippen molar-refractivity contribution in [2.45, 2.75) is 191 Å². The lowest BCUT2D eigenvalue weighted by Crippen LogP contribution is -2.48. The van der Waals surface area contributed by atoms with E-state index in [0.29, 0.717) is 72.0 Å². The highest BCUT2D eigenvalue weighted by Gasteiger charge is 2.57. The average Bonchev–Trinajstić information content (AvgIpc) is 2.50. The van der Waals surface area contributed by atoms with Gasteiger partial charge >= 0.3 is 59.7 Å². The van der Waals surface area contributed by atoms with E-state index in [0.717, 1.165) is 89.9 Å². The number of ether oxygens (including phenoxy) is 12. The van der Waals surface area contributed by atoms with Crippen molar-refractivity contribution in [3.63, 3.8) is 0 Å². The first kappa shape index (κ1) is 63.1. The van der Waals surface area contributed by atoms with Gasteiger partial charge in [0.15, 0.2) is 13.4 Å². The van der Waals surface area contributed by atoms with Crippen molar-refractivity contribution in [2.75, 3.05) is 33.2 Å². The number of carbonyl (C=O) groups is 10. The zero-order valence-electron chi connectivity index (χ0n) is 49.3. The number of hydrogen-bond donors (Lipinski definition) is 0. The molecule has 16 aliphatic rings. The van der Waals surface area contributed by atoms with Crippen molar-refractivity contribution in [1.82, 2.24) is 0 Å². The molecule has 0 amide bonds. The molecule has 8 heterocycles. The SMILES string of the molecule is C=C(C)C(=O)OC12CC3CC(C1)OC(=O)C(C3)C2.C=C(C)C(=O)OCC(=O)OC12CC3CC(C1)OC(=O)C(C3)C2.C=C(C)C(=O)OCCOC(=O)COC1C2CC3CC(C2)C(=O)OC1C3.C=C(C)C(=O)OCOC1C2CC3CC(C2)C(=O)OC1C3. The van der Waals surface area contributed by atoms with Crippen molar-refractivity contribution in [3.05, 3.63) is 48.6 Å². The number of carbonyl (C=O) groups excluding carboxylic acids is 10. The maximum Gasteiger partial charge on any atom is 0.344 e. The predicted molar refractivity (Wildman–Crippen MR) is 293 cm³/mol. The van der Waals surface area contributed by atoms with Gasteiger partial charge in [0.25, 0.3) is 0 Å². The molecule has 0 aromatic rings. The van der Waals surface area contributed by atoms with Gasteiger partial charge in [-0.15, -0.1) is 0 Å². The molecule has 0 aromatic heterocycles. The minimum absolute atomic E-state index is 0.0164. The highest BCUT2D eigenvalue weighted by molar-refractivity contribution is 5.89. The molecule has 18 unspecified atom stereocenters. The van der Waals surface area contributed by atoms with Gasteiger partial charge in [0.05, 0.1) is 29.8 Å². The van der Waals surface area contributed by atoms with Crippen molar-refractivity contribution in [1.29, 1.82) is 0 Å². The van der Waals surface area contributed by atoms with Crippen LogP contribution >= 0.6 is 0 Å². The van der Waals surface area contributed by atoms with Crippen LogP contribution in [-0.4, -0.2) is 141 Å². The summed E-state index contributed by atoms with van der Waals surface area (Å²) in [5.41, 5.74) is 0.160. The maximum absolute atomic E-state index is 12.0. The summed E-state index contributed by atoms with van der Waals surface area (Å²) in [5, 5.41) is 0. The molecule has 16 rings (SSSR count). The highest BCUT2D eigenvalue weighted by Crippen LogP contribution is 2.54. The van der Waals surface area contributed by atoms with E-state index in [4.69, 9.17) is 56.8 Å². The number of hydrogen-bond acceptors (Lipinski definition) is 22. The Balaban J connectivity index is 0.000000137. The average molecular weight is 1190 g/mol. The smallest absolute Gasteiger partial charge is 0.344 e. The molecule has 22 heteroatoms. The zero-order valence-corrected chi connectivity index (χ0v) is 49.3. The van der Waals surface area contributed by atoms with Gasteiger partial charge in [-0.05, 0) is 153 Å². The van der Waals surface area contributed by atoms with Crippen LogP contribution in [-0.2, 0) is 105 Å². The summed E-state index contributed by atoms with van der Waals surface area (Å²) in [4.78, 5) is 117. The lowest BCUT2D eigenvalue weighted by atomic mass is 9.65. The van der Waals surface area contributed by atoms with Gasteiger partial charge in [-0.1, -0.05) is 26.3 Å². The summed E-state index contributed by atoms with van der Waals surface area (Å²) in [6.07, 6.45) is 13.7. The molecular formula is C63H82O22. The minimum atomic E-state index is -0.643. The third-order valence-corrected chi connectivity index (χ3v) is 18.9. The van der Waals surface area contributed by atoms with Crippen LogP contribution in [0.3, 0.4) is 0 Å². The van der Waals surface area contributed by atoms with Crippen LogP contribution in [0.1, 0.15) is 143 Å². The second-order valence-electron chi connectivity index (χ2n) is 26.1. The monoisotopic (exact) mass is 1190 g/mol. The van der Waals surface area contributed by atoms with Crippen LogP contribution in [0, 0.1) is 59.2 Å². The molecule has 0 spiro atoms. The van der Waals surface area contributed by atoms with Gasteiger partial charge in [0.2, 0.25) is 0 Å². The largest absolute Gasteiger partial charge is 0.462 e. The van der Waals surface area contributed by atoms with Gasteiger partial charge in [-0.2, -0.15) is 0 Å². The topological polar surface area (TPSA) is 281 Å². The molecule has 85 heavy (non-hydrogen) atoms. The lowest BCUT2D eigenvalue weighted by Gasteiger charge is -2.45. The van der Waals surface area contributed by atoms with E-state index in [1.165, 1.54) is 6.92 Å². The Labute approximate surface area is 495 Å². The van der Waals surface area contributed by atoms with Crippen molar-refractivity contribution in [3.8, 4) is 0 Å². The predicted octanol–water partition coefficient (Wildman–Crippen LogP) is 6.71. The minimum Gasteiger partial charge on any atom is -0.462 e. The first-order valence-corrected chi connectivity index (χ1v) is 30.1. The van der Waals surface area contributed by atoms with Gasteiger partial charge < -0.3 is 56.8 Å². The molecule has 16 bridgehead atoms. The Morgan fingerprint density at radius 1 is 0.412 bits per heavy atom. The van der Waals surface area contributed by atoms with Crippen molar-refractivity contribution >= 4 is 59.7 Å². The molecule has 22 nitrogen and oxygen atoms in total. The second-order valence-corrected chi connectivity index (χ2v) is 26.1. The number of rotatable bonds is 17. The molecule has 466 valence electrons. The molecule has 16 fully saturated rings. The van der Waals surface area contributed by atoms with Gasteiger partial charge in [-0.25, -0.2) is 28.8 Å². The molecule has 8 saturated carbocycles. The van der Waals surface area contributed by atoms with Crippen LogP contribution < -0.4 is 0 Å². The molecule has 0 N–H and O–H groups in total. The highest BCUT2D eigenvalue weighted by atomic mass is 16.7. The zero-order chi connectivity index (χ0) is 61.1. The number of esters is 10. The molecule has 18 atom stereocenters. The summed E-state index contributed by atoms with van der Waals surface area (Å²) in [7, 11) is 0. The third kappa shape index (κ3) is 15.6. The van der Waals surface area contributed by atoms with E-state index in [2.05, 4.69) is 26.3 Å². The molecule has 0 radical (unpaired) electrons. The van der Waals surface area contributed by atoms with Crippen molar-refractivity contribution in [2.24, 2.45) is 59.2 Å². The first-order chi connectivity index (χ1) is 40.3.